The lowest BCUT2D eigenvalue weighted by molar-refractivity contribution is -0.141. The molecule has 0 aliphatic heterocycles. The number of phenols is 1. The summed E-state index contributed by atoms with van der Waals surface area (Å²) in [6, 6.07) is 5.28. The van der Waals surface area contributed by atoms with Gasteiger partial charge in [-0.3, -0.25) is 4.79 Å². The fourth-order valence-electron chi connectivity index (χ4n) is 2.34. The Bertz CT molecular complexity index is 537. The second-order valence-corrected chi connectivity index (χ2v) is 5.88. The van der Waals surface area contributed by atoms with Crippen LogP contribution in [0.4, 0.5) is 0 Å². The van der Waals surface area contributed by atoms with Crippen LogP contribution in [0.3, 0.4) is 0 Å². The average Bonchev–Trinajstić information content (AvgIpc) is 2.55. The van der Waals surface area contributed by atoms with Gasteiger partial charge in [0.25, 0.3) is 0 Å². The average molecular weight is 333 g/mol. The van der Waals surface area contributed by atoms with Gasteiger partial charge in [0, 0.05) is 6.42 Å². The fourth-order valence-corrected chi connectivity index (χ4v) is 2.34. The lowest BCUT2D eigenvalue weighted by atomic mass is 10.1. The largest absolute Gasteiger partial charge is 0.508 e. The number of carboxylic acids is 1. The molecule has 0 aliphatic rings. The van der Waals surface area contributed by atoms with Crippen LogP contribution in [-0.2, 0) is 16.0 Å². The summed E-state index contributed by atoms with van der Waals surface area (Å²) < 4.78 is 0. The predicted octanol–water partition coefficient (Wildman–Crippen LogP) is 3.42. The number of carbonyl (C=O) groups excluding carboxylic acids is 1. The molecule has 24 heavy (non-hydrogen) atoms. The number of unbranched alkanes of at least 4 members (excludes halogenated alkanes) is 5. The molecule has 0 aromatic heterocycles. The van der Waals surface area contributed by atoms with Gasteiger partial charge in [0.05, 0.1) is 0 Å². The van der Waals surface area contributed by atoms with Gasteiger partial charge in [-0.15, -0.1) is 0 Å². The second kappa shape index (κ2) is 11.3. The second-order valence-electron chi connectivity index (χ2n) is 5.88. The number of hydrogen-bond donors (Lipinski definition) is 3. The predicted molar refractivity (Wildman–Crippen MR) is 93.9 cm³/mol. The molecule has 0 heterocycles. The van der Waals surface area contributed by atoms with E-state index in [0.717, 1.165) is 24.8 Å². The van der Waals surface area contributed by atoms with Crippen LogP contribution in [0.15, 0.2) is 36.4 Å². The monoisotopic (exact) mass is 333 g/mol. The van der Waals surface area contributed by atoms with E-state index in [4.69, 9.17) is 0 Å². The van der Waals surface area contributed by atoms with Crippen molar-refractivity contribution in [3.05, 3.63) is 42.0 Å². The summed E-state index contributed by atoms with van der Waals surface area (Å²) >= 11 is 0. The molecule has 5 nitrogen and oxygen atoms in total. The normalized spacial score (nSPS) is 12.2. The summed E-state index contributed by atoms with van der Waals surface area (Å²) in [6.07, 6.45) is 10.0. The first kappa shape index (κ1) is 19.7. The molecule has 0 spiro atoms. The van der Waals surface area contributed by atoms with Crippen molar-refractivity contribution in [2.24, 2.45) is 0 Å². The molecule has 5 heteroatoms. The molecule has 0 aliphatic carbocycles. The Balaban J connectivity index is 2.40. The minimum atomic E-state index is -1.08. The number of carboxylic acid groups (broad SMARTS) is 1. The molecule has 0 fully saturated rings. The highest BCUT2D eigenvalue weighted by Crippen LogP contribution is 2.11. The fraction of sp³-hybridized carbons (Fsp3) is 0.474. The van der Waals surface area contributed by atoms with Crippen LogP contribution in [-0.4, -0.2) is 28.1 Å². The van der Waals surface area contributed by atoms with Crippen LogP contribution in [0.5, 0.6) is 5.75 Å². The van der Waals surface area contributed by atoms with Gasteiger partial charge in [-0.1, -0.05) is 50.8 Å². The number of allylic oxidation sites excluding steroid dienone is 1. The Labute approximate surface area is 143 Å². The lowest BCUT2D eigenvalue weighted by Gasteiger charge is -2.13. The number of rotatable bonds is 11. The molecule has 0 radical (unpaired) electrons. The van der Waals surface area contributed by atoms with Crippen LogP contribution in [0.2, 0.25) is 0 Å². The zero-order chi connectivity index (χ0) is 17.8. The number of aromatic hydroxyl groups is 1. The van der Waals surface area contributed by atoms with Crippen molar-refractivity contribution >= 4 is 11.9 Å². The summed E-state index contributed by atoms with van der Waals surface area (Å²) in [5.74, 6) is -1.35. The van der Waals surface area contributed by atoms with E-state index in [2.05, 4.69) is 12.2 Å². The van der Waals surface area contributed by atoms with E-state index in [1.807, 2.05) is 0 Å². The number of amides is 1. The standard InChI is InChI=1S/C19H27NO4/c1-2-3-4-5-6-7-8-9-18(22)20-17(19(23)24)14-15-10-12-16(21)13-11-15/h8-13,17,21H,2-7,14H2,1H3,(H,20,22)(H,23,24)/t17-/m0/s1. The topological polar surface area (TPSA) is 86.6 Å². The van der Waals surface area contributed by atoms with E-state index in [1.54, 1.807) is 18.2 Å². The van der Waals surface area contributed by atoms with E-state index >= 15 is 0 Å². The summed E-state index contributed by atoms with van der Waals surface area (Å²) in [5, 5.41) is 21.0. The summed E-state index contributed by atoms with van der Waals surface area (Å²) in [6.45, 7) is 2.17. The minimum Gasteiger partial charge on any atom is -0.508 e. The number of nitrogens with one attached hydrogen (secondary N) is 1. The first-order valence-corrected chi connectivity index (χ1v) is 8.50. The van der Waals surface area contributed by atoms with Crippen molar-refractivity contribution in [3.63, 3.8) is 0 Å². The molecule has 0 saturated heterocycles. The van der Waals surface area contributed by atoms with Gasteiger partial charge in [-0.25, -0.2) is 4.79 Å². The molecular formula is C19H27NO4. The molecule has 0 unspecified atom stereocenters. The number of phenolic OH excluding ortho intramolecular Hbond substituents is 1. The van der Waals surface area contributed by atoms with E-state index in [9.17, 15) is 19.8 Å². The summed E-state index contributed by atoms with van der Waals surface area (Å²) in [5.41, 5.74) is 0.736. The zero-order valence-electron chi connectivity index (χ0n) is 14.2. The Morgan fingerprint density at radius 2 is 1.79 bits per heavy atom. The molecule has 1 aromatic carbocycles. The Morgan fingerprint density at radius 3 is 2.42 bits per heavy atom. The highest BCUT2D eigenvalue weighted by Gasteiger charge is 2.19. The van der Waals surface area contributed by atoms with Crippen molar-refractivity contribution in [3.8, 4) is 5.75 Å². The highest BCUT2D eigenvalue weighted by molar-refractivity contribution is 5.91. The maximum atomic E-state index is 11.8. The molecule has 132 valence electrons. The van der Waals surface area contributed by atoms with Crippen LogP contribution in [0.1, 0.15) is 51.0 Å². The molecule has 1 rings (SSSR count). The number of hydrogen-bond acceptors (Lipinski definition) is 3. The van der Waals surface area contributed by atoms with Crippen molar-refractivity contribution in [2.45, 2.75) is 57.9 Å². The van der Waals surface area contributed by atoms with Crippen molar-refractivity contribution < 1.29 is 19.8 Å². The van der Waals surface area contributed by atoms with Crippen LogP contribution in [0, 0.1) is 0 Å². The number of aliphatic carboxylic acids is 1. The third-order valence-corrected chi connectivity index (χ3v) is 3.73. The molecule has 1 atom stereocenters. The van der Waals surface area contributed by atoms with Gasteiger partial charge < -0.3 is 15.5 Å². The van der Waals surface area contributed by atoms with Crippen molar-refractivity contribution in [2.75, 3.05) is 0 Å². The molecule has 0 bridgehead atoms. The van der Waals surface area contributed by atoms with Gasteiger partial charge in [0.15, 0.2) is 0 Å². The Kier molecular flexibility index (Phi) is 9.27. The molecule has 0 saturated carbocycles. The minimum absolute atomic E-state index is 0.122. The summed E-state index contributed by atoms with van der Waals surface area (Å²) in [7, 11) is 0. The third-order valence-electron chi connectivity index (χ3n) is 3.73. The first-order valence-electron chi connectivity index (χ1n) is 8.50. The van der Waals surface area contributed by atoms with Gasteiger partial charge in [0.2, 0.25) is 5.91 Å². The quantitative estimate of drug-likeness (QED) is 0.428. The van der Waals surface area contributed by atoms with Gasteiger partial charge in [-0.05, 0) is 36.6 Å². The molecule has 1 amide bonds. The van der Waals surface area contributed by atoms with Crippen molar-refractivity contribution in [1.29, 1.82) is 0 Å². The van der Waals surface area contributed by atoms with Crippen molar-refractivity contribution in [1.82, 2.24) is 5.32 Å². The Morgan fingerprint density at radius 1 is 1.12 bits per heavy atom. The summed E-state index contributed by atoms with van der Waals surface area (Å²) in [4.78, 5) is 23.1. The van der Waals surface area contributed by atoms with E-state index in [-0.39, 0.29) is 12.2 Å². The SMILES string of the molecule is CCCCCCCC=CC(=O)N[C@@H](Cc1ccc(O)cc1)C(=O)O. The van der Waals surface area contributed by atoms with Crippen LogP contribution < -0.4 is 5.32 Å². The van der Waals surface area contributed by atoms with E-state index in [0.29, 0.717) is 0 Å². The lowest BCUT2D eigenvalue weighted by Crippen LogP contribution is -2.41. The van der Waals surface area contributed by atoms with Crippen LogP contribution >= 0.6 is 0 Å². The maximum Gasteiger partial charge on any atom is 0.326 e. The number of benzene rings is 1. The maximum absolute atomic E-state index is 11.8. The van der Waals surface area contributed by atoms with Gasteiger partial charge in [0.1, 0.15) is 11.8 Å². The number of carbonyl (C=O) groups is 2. The molecular weight excluding hydrogens is 306 g/mol. The highest BCUT2D eigenvalue weighted by atomic mass is 16.4. The van der Waals surface area contributed by atoms with Gasteiger partial charge in [-0.2, -0.15) is 0 Å². The first-order chi connectivity index (χ1) is 11.5. The smallest absolute Gasteiger partial charge is 0.326 e. The molecule has 3 N–H and O–H groups in total. The van der Waals surface area contributed by atoms with Crippen LogP contribution in [0.25, 0.3) is 0 Å². The molecule has 1 aromatic rings. The van der Waals surface area contributed by atoms with Gasteiger partial charge >= 0.3 is 5.97 Å². The third kappa shape index (κ3) is 8.36. The van der Waals surface area contributed by atoms with E-state index < -0.39 is 17.9 Å². The van der Waals surface area contributed by atoms with E-state index in [1.165, 1.54) is 37.5 Å². The zero-order valence-corrected chi connectivity index (χ0v) is 14.2. The Hall–Kier alpha value is -2.30.